The maximum Gasteiger partial charge on any atom is 0.308 e. The van der Waals surface area contributed by atoms with Gasteiger partial charge >= 0.3 is 23.9 Å². The van der Waals surface area contributed by atoms with Crippen LogP contribution in [0.15, 0.2) is 5.11 Å². The average molecular weight is 1290 g/mol. The predicted molar refractivity (Wildman–Crippen MR) is 320 cm³/mol. The lowest BCUT2D eigenvalue weighted by atomic mass is 9.86. The summed E-state index contributed by atoms with van der Waals surface area (Å²) in [4.78, 5) is 151. The van der Waals surface area contributed by atoms with E-state index in [1.54, 1.807) is 76.2 Å². The highest BCUT2D eigenvalue weighted by Crippen LogP contribution is 2.27. The van der Waals surface area contributed by atoms with Gasteiger partial charge in [0.1, 0.15) is 59.5 Å². The van der Waals surface area contributed by atoms with Crippen molar-refractivity contribution < 1.29 is 111 Å². The zero-order chi connectivity index (χ0) is 68.7. The monoisotopic (exact) mass is 1290 g/mol. The van der Waals surface area contributed by atoms with Crippen LogP contribution >= 0.6 is 0 Å². The minimum atomic E-state index is -2.09. The Morgan fingerprint density at radius 1 is 0.522 bits per heavy atom. The number of ether oxygens (including phenoxy) is 9. The highest BCUT2D eigenvalue weighted by molar-refractivity contribution is 5.98. The summed E-state index contributed by atoms with van der Waals surface area (Å²) in [5.41, 5.74) is 4.91. The molecule has 0 radical (unpaired) electrons. The number of carbonyl (C=O) groups excluding carboxylic acids is 11. The maximum atomic E-state index is 14.6. The van der Waals surface area contributed by atoms with Crippen molar-refractivity contribution in [1.29, 1.82) is 0 Å². The second kappa shape index (κ2) is 39.9. The number of esters is 4. The number of carbonyl (C=O) groups is 11. The fourth-order valence-electron chi connectivity index (χ4n) is 8.54. The summed E-state index contributed by atoms with van der Waals surface area (Å²) in [6.45, 7) is 25.1. The zero-order valence-corrected chi connectivity index (χ0v) is 55.1. The molecule has 1 saturated heterocycles. The molecule has 0 saturated carbocycles. The fraction of sp³-hybridized carbons (Fsp3) is 0.817. The fourth-order valence-corrected chi connectivity index (χ4v) is 8.54. The van der Waals surface area contributed by atoms with Gasteiger partial charge in [-0.2, -0.15) is 0 Å². The van der Waals surface area contributed by atoms with Crippen LogP contribution < -0.4 is 21.3 Å². The molecule has 0 bridgehead atoms. The molecule has 1 aliphatic rings. The number of nitrogens with one attached hydrogen (secondary N) is 4. The second-order valence-electron chi connectivity index (χ2n) is 26.1. The molecule has 5 unspecified atom stereocenters. The Balaban J connectivity index is 3.28. The molecule has 0 aromatic rings. The van der Waals surface area contributed by atoms with Gasteiger partial charge in [-0.1, -0.05) is 25.9 Å². The Hall–Kier alpha value is -6.24. The molecule has 0 aromatic carbocycles. The topological polar surface area (TPSA) is 428 Å². The summed E-state index contributed by atoms with van der Waals surface area (Å²) in [6.07, 6.45) is -13.7. The van der Waals surface area contributed by atoms with E-state index < -0.39 is 206 Å². The van der Waals surface area contributed by atoms with Gasteiger partial charge in [-0.25, -0.2) is 0 Å². The Bertz CT molecular complexity index is 2410. The SMILES string of the molecule is CC(C)[C@H](CC(=O)[C@H](CCC(=O)OC(C)(C)C)NC(=O)[C@H](CC(=O)OC(C)(C)C)CC(=O)C1OC(CNC(=O)CN=[N+]=[N-])C(O)C(O)C1O)C(=O)N[C@@H](CC(=O)OC(C)(C)C)C(=O)C[C@@H](C)C(=O)NCCOCCOCCOCCOCCC(=O)OC(C)(C)C. The van der Waals surface area contributed by atoms with E-state index in [2.05, 4.69) is 31.3 Å². The van der Waals surface area contributed by atoms with E-state index in [9.17, 15) is 68.1 Å². The molecule has 0 spiro atoms. The first-order valence-electron chi connectivity index (χ1n) is 30.3. The number of hydrogen-bond donors (Lipinski definition) is 7. The van der Waals surface area contributed by atoms with Crippen LogP contribution in [0.1, 0.15) is 155 Å². The molecule has 0 aromatic heterocycles. The minimum absolute atomic E-state index is 0.0713. The maximum absolute atomic E-state index is 14.6. The number of azide groups is 1. The van der Waals surface area contributed by atoms with Crippen LogP contribution in [0.5, 0.6) is 0 Å². The molecular formula is C60H101N7O23. The van der Waals surface area contributed by atoms with Crippen molar-refractivity contribution in [3.8, 4) is 0 Å². The van der Waals surface area contributed by atoms with Gasteiger partial charge in [-0.15, -0.1) is 0 Å². The highest BCUT2D eigenvalue weighted by Gasteiger charge is 2.47. The molecule has 4 amide bonds. The summed E-state index contributed by atoms with van der Waals surface area (Å²) < 4.78 is 49.1. The van der Waals surface area contributed by atoms with Crippen molar-refractivity contribution in [2.45, 2.75) is 220 Å². The van der Waals surface area contributed by atoms with Crippen molar-refractivity contribution in [2.24, 2.45) is 28.8 Å². The molecule has 30 nitrogen and oxygen atoms in total. The predicted octanol–water partition coefficient (Wildman–Crippen LogP) is 2.13. The Morgan fingerprint density at radius 3 is 1.50 bits per heavy atom. The summed E-state index contributed by atoms with van der Waals surface area (Å²) in [5.74, 6) is -13.5. The quantitative estimate of drug-likeness (QED) is 0.0115. The lowest BCUT2D eigenvalue weighted by Gasteiger charge is -2.40. The van der Waals surface area contributed by atoms with Gasteiger partial charge in [-0.3, -0.25) is 52.7 Å². The van der Waals surface area contributed by atoms with E-state index in [-0.39, 0.29) is 52.0 Å². The first-order valence-corrected chi connectivity index (χ1v) is 30.3. The smallest absolute Gasteiger partial charge is 0.308 e. The number of nitrogens with zero attached hydrogens (tertiary/aromatic N) is 3. The number of aliphatic hydroxyl groups excluding tert-OH is 3. The van der Waals surface area contributed by atoms with Crippen LogP contribution in [0.3, 0.4) is 0 Å². The third-order valence-electron chi connectivity index (χ3n) is 12.8. The number of aliphatic hydroxyl groups is 3. The van der Waals surface area contributed by atoms with E-state index >= 15 is 0 Å². The number of ketones is 3. The van der Waals surface area contributed by atoms with Crippen LogP contribution in [0, 0.1) is 23.7 Å². The van der Waals surface area contributed by atoms with Crippen molar-refractivity contribution in [3.05, 3.63) is 10.4 Å². The largest absolute Gasteiger partial charge is 0.460 e. The normalized spacial score (nSPS) is 18.7. The Morgan fingerprint density at radius 2 is 0.989 bits per heavy atom. The van der Waals surface area contributed by atoms with Crippen molar-refractivity contribution >= 4 is 64.9 Å². The van der Waals surface area contributed by atoms with Gasteiger partial charge in [0.25, 0.3) is 0 Å². The molecule has 1 aliphatic heterocycles. The number of hydrogen-bond acceptors (Lipinski definition) is 24. The first-order chi connectivity index (χ1) is 41.6. The summed E-state index contributed by atoms with van der Waals surface area (Å²) >= 11 is 0. The van der Waals surface area contributed by atoms with Gasteiger partial charge < -0.3 is 79.2 Å². The molecule has 1 rings (SSSR count). The van der Waals surface area contributed by atoms with Crippen molar-refractivity contribution in [3.63, 3.8) is 0 Å². The van der Waals surface area contributed by atoms with Gasteiger partial charge in [0, 0.05) is 55.5 Å². The van der Waals surface area contributed by atoms with Gasteiger partial charge in [0.15, 0.2) is 17.3 Å². The third kappa shape index (κ3) is 36.0. The van der Waals surface area contributed by atoms with Gasteiger partial charge in [0.2, 0.25) is 23.6 Å². The van der Waals surface area contributed by atoms with Gasteiger partial charge in [0.05, 0.1) is 90.1 Å². The number of Topliss-reactive ketones (excluding diaryl/α,β-unsaturated/α-hetero) is 3. The van der Waals surface area contributed by atoms with Crippen molar-refractivity contribution in [1.82, 2.24) is 21.3 Å². The van der Waals surface area contributed by atoms with Gasteiger partial charge in [-0.05, 0) is 101 Å². The van der Waals surface area contributed by atoms with Crippen LogP contribution in [-0.2, 0) is 95.4 Å². The van der Waals surface area contributed by atoms with Crippen LogP contribution in [0.4, 0.5) is 0 Å². The number of amides is 4. The van der Waals surface area contributed by atoms with E-state index in [0.717, 1.165) is 0 Å². The standard InChI is InChI=1S/C60H101N7O23/c1-35(2)38(56(81)66-40(32-49(75)90-60(13,14)15)41(68)28-36(3)54(79)62-19-21-83-23-25-85-27-26-84-24-22-82-20-18-47(73)88-58(7,8)9)31-42(69)39(16-17-46(72)87-57(4,5)6)65-55(80)37(30-48(74)89-59(10,11)12)29-43(70)53-52(78)51(77)50(76)44(86-53)33-63-45(71)34-64-67-61/h35-40,44,50-53,76-78H,16-34H2,1-15H3,(H,62,79)(H,63,71)(H,65,80)(H,66,81)/t36-,37+,38+,39+,40+,44?,50?,51?,52?,53?/m1/s1. The second-order valence-corrected chi connectivity index (χ2v) is 26.1. The molecule has 1 heterocycles. The van der Waals surface area contributed by atoms with E-state index in [1.165, 1.54) is 27.7 Å². The van der Waals surface area contributed by atoms with Crippen LogP contribution in [0.25, 0.3) is 10.4 Å². The molecule has 30 heteroatoms. The molecule has 7 N–H and O–H groups in total. The zero-order valence-electron chi connectivity index (χ0n) is 55.1. The Labute approximate surface area is 527 Å². The number of rotatable bonds is 41. The molecule has 0 aliphatic carbocycles. The van der Waals surface area contributed by atoms with E-state index in [0.29, 0.717) is 19.8 Å². The van der Waals surface area contributed by atoms with Crippen LogP contribution in [0.2, 0.25) is 0 Å². The third-order valence-corrected chi connectivity index (χ3v) is 12.8. The molecular weight excluding hydrogens is 1190 g/mol. The lowest BCUT2D eigenvalue weighted by Crippen LogP contribution is -2.62. The average Bonchev–Trinajstić information content (AvgIpc) is 2.31. The first kappa shape index (κ1) is 81.8. The minimum Gasteiger partial charge on any atom is -0.460 e. The molecule has 10 atom stereocenters. The van der Waals surface area contributed by atoms with E-state index in [4.69, 9.17) is 48.2 Å². The Kier molecular flexibility index (Phi) is 36.2. The summed E-state index contributed by atoms with van der Waals surface area (Å²) in [7, 11) is 0. The highest BCUT2D eigenvalue weighted by atomic mass is 16.6. The van der Waals surface area contributed by atoms with Crippen molar-refractivity contribution in [2.75, 3.05) is 72.5 Å². The summed E-state index contributed by atoms with van der Waals surface area (Å²) in [6, 6.07) is -3.17. The molecule has 90 heavy (non-hydrogen) atoms. The summed E-state index contributed by atoms with van der Waals surface area (Å²) in [5, 5.41) is 45.5. The molecule has 514 valence electrons. The lowest BCUT2D eigenvalue weighted by molar-refractivity contribution is -0.218. The molecule has 1 fully saturated rings. The van der Waals surface area contributed by atoms with E-state index in [1.807, 2.05) is 0 Å². The van der Waals surface area contributed by atoms with Crippen LogP contribution in [-0.4, -0.2) is 218 Å².